The standard InChI is InChI=1S/C2F3NOS/c3-2(4,5)8(7)1-6. The molecule has 0 heterocycles. The molecule has 1 unspecified atom stereocenters. The van der Waals surface area contributed by atoms with Crippen LogP contribution in [0.25, 0.3) is 0 Å². The van der Waals surface area contributed by atoms with Gasteiger partial charge in [-0.2, -0.15) is 18.4 Å². The Balaban J connectivity index is 4.09. The number of nitrogens with zero attached hydrogens (tertiary/aromatic N) is 1. The molecule has 0 amide bonds. The lowest BCUT2D eigenvalue weighted by atomic mass is 11.6. The van der Waals surface area contributed by atoms with E-state index in [0.29, 0.717) is 5.40 Å². The summed E-state index contributed by atoms with van der Waals surface area (Å²) in [5, 5.41) is 7.95. The van der Waals surface area contributed by atoms with Gasteiger partial charge in [-0.3, -0.25) is 0 Å². The molecule has 0 aromatic heterocycles. The first kappa shape index (κ1) is 7.43. The Kier molecular flexibility index (Phi) is 1.98. The maximum absolute atomic E-state index is 10.9. The summed E-state index contributed by atoms with van der Waals surface area (Å²) in [7, 11) is -3.34. The number of halogens is 3. The van der Waals surface area contributed by atoms with Crippen molar-refractivity contribution in [2.45, 2.75) is 5.51 Å². The maximum atomic E-state index is 10.9. The summed E-state index contributed by atoms with van der Waals surface area (Å²) in [6, 6.07) is 0. The molecular weight excluding hydrogens is 143 g/mol. The van der Waals surface area contributed by atoms with Crippen LogP contribution in [0.2, 0.25) is 0 Å². The van der Waals surface area contributed by atoms with Crippen LogP contribution in [-0.4, -0.2) is 9.72 Å². The lowest BCUT2D eigenvalue weighted by Gasteiger charge is -1.94. The first-order valence-corrected chi connectivity index (χ1v) is 2.52. The molecule has 0 saturated heterocycles. The zero-order chi connectivity index (χ0) is 6.78. The fourth-order valence-corrected chi connectivity index (χ4v) is 0.155. The van der Waals surface area contributed by atoms with Crippen LogP contribution in [0.15, 0.2) is 0 Å². The number of alkyl halides is 3. The Hall–Kier alpha value is -0.570. The van der Waals surface area contributed by atoms with E-state index in [0.717, 1.165) is 0 Å². The summed E-state index contributed by atoms with van der Waals surface area (Å²) < 4.78 is 42.2. The van der Waals surface area contributed by atoms with Gasteiger partial charge in [-0.15, -0.1) is 0 Å². The average molecular weight is 143 g/mol. The summed E-state index contributed by atoms with van der Waals surface area (Å²) in [5.74, 6) is 0. The molecule has 0 spiro atoms. The van der Waals surface area contributed by atoms with E-state index in [1.165, 1.54) is 0 Å². The van der Waals surface area contributed by atoms with Crippen molar-refractivity contribution in [3.63, 3.8) is 0 Å². The molecule has 0 aliphatic carbocycles. The topological polar surface area (TPSA) is 40.9 Å². The monoisotopic (exact) mass is 143 g/mol. The van der Waals surface area contributed by atoms with Crippen LogP contribution >= 0.6 is 0 Å². The van der Waals surface area contributed by atoms with Gasteiger partial charge < -0.3 is 0 Å². The van der Waals surface area contributed by atoms with Gasteiger partial charge >= 0.3 is 5.51 Å². The van der Waals surface area contributed by atoms with E-state index < -0.39 is 16.3 Å². The minimum absolute atomic E-state index is 0.552. The van der Waals surface area contributed by atoms with Crippen LogP contribution in [0.1, 0.15) is 0 Å². The van der Waals surface area contributed by atoms with Gasteiger partial charge in [0.25, 0.3) is 0 Å². The molecule has 0 aliphatic heterocycles. The van der Waals surface area contributed by atoms with Gasteiger partial charge in [0.05, 0.1) is 0 Å². The SMILES string of the molecule is N#CS(=O)C(F)(F)F. The van der Waals surface area contributed by atoms with Crippen molar-refractivity contribution < 1.29 is 17.4 Å². The Morgan fingerprint density at radius 3 is 1.88 bits per heavy atom. The molecule has 0 aromatic carbocycles. The molecule has 8 heavy (non-hydrogen) atoms. The Morgan fingerprint density at radius 1 is 1.50 bits per heavy atom. The van der Waals surface area contributed by atoms with Crippen molar-refractivity contribution >= 4 is 10.8 Å². The Labute approximate surface area is 45.4 Å². The molecule has 0 fully saturated rings. The third-order valence-electron chi connectivity index (χ3n) is 0.293. The molecule has 0 aliphatic rings. The van der Waals surface area contributed by atoms with Crippen molar-refractivity contribution in [1.29, 1.82) is 5.26 Å². The minimum atomic E-state index is -4.88. The van der Waals surface area contributed by atoms with Gasteiger partial charge in [-0.25, -0.2) is 4.21 Å². The van der Waals surface area contributed by atoms with Crippen LogP contribution in [0.4, 0.5) is 13.2 Å². The maximum Gasteiger partial charge on any atom is 0.485 e. The van der Waals surface area contributed by atoms with Crippen LogP contribution < -0.4 is 0 Å². The quantitative estimate of drug-likeness (QED) is 0.469. The van der Waals surface area contributed by atoms with Gasteiger partial charge in [0.1, 0.15) is 0 Å². The number of hydrogen-bond acceptors (Lipinski definition) is 2. The lowest BCUT2D eigenvalue weighted by molar-refractivity contribution is -0.0372. The number of hydrogen-bond donors (Lipinski definition) is 0. The highest BCUT2D eigenvalue weighted by Gasteiger charge is 2.37. The fraction of sp³-hybridized carbons (Fsp3) is 0.500. The second kappa shape index (κ2) is 2.13. The normalized spacial score (nSPS) is 14.8. The molecule has 2 nitrogen and oxygen atoms in total. The van der Waals surface area contributed by atoms with Crippen molar-refractivity contribution in [3.05, 3.63) is 0 Å². The number of rotatable bonds is 0. The highest BCUT2D eigenvalue weighted by Crippen LogP contribution is 2.18. The van der Waals surface area contributed by atoms with E-state index in [9.17, 15) is 17.4 Å². The van der Waals surface area contributed by atoms with E-state index in [2.05, 4.69) is 0 Å². The Bertz CT molecular complexity index is 144. The van der Waals surface area contributed by atoms with E-state index in [1.54, 1.807) is 0 Å². The third-order valence-corrected chi connectivity index (χ3v) is 0.879. The summed E-state index contributed by atoms with van der Waals surface area (Å²) in [6.07, 6.45) is 0. The van der Waals surface area contributed by atoms with Gasteiger partial charge in [0.2, 0.25) is 10.8 Å². The zero-order valence-corrected chi connectivity index (χ0v) is 4.21. The molecule has 0 N–H and O–H groups in total. The highest BCUT2D eigenvalue weighted by molar-refractivity contribution is 7.90. The van der Waals surface area contributed by atoms with Crippen LogP contribution in [0, 0.1) is 10.7 Å². The molecule has 0 rings (SSSR count). The minimum Gasteiger partial charge on any atom is -0.234 e. The second-order valence-corrected chi connectivity index (χ2v) is 1.99. The van der Waals surface area contributed by atoms with E-state index >= 15 is 0 Å². The van der Waals surface area contributed by atoms with Crippen LogP contribution in [0.3, 0.4) is 0 Å². The van der Waals surface area contributed by atoms with E-state index in [1.807, 2.05) is 0 Å². The van der Waals surface area contributed by atoms with Crippen molar-refractivity contribution in [3.8, 4) is 5.40 Å². The third kappa shape index (κ3) is 1.93. The smallest absolute Gasteiger partial charge is 0.234 e. The van der Waals surface area contributed by atoms with Gasteiger partial charge in [0, 0.05) is 0 Å². The largest absolute Gasteiger partial charge is 0.485 e. The number of nitriles is 1. The van der Waals surface area contributed by atoms with E-state index in [-0.39, 0.29) is 0 Å². The predicted molar refractivity (Wildman–Crippen MR) is 19.8 cm³/mol. The van der Waals surface area contributed by atoms with Crippen LogP contribution in [-0.2, 0) is 10.8 Å². The molecule has 0 bridgehead atoms. The van der Waals surface area contributed by atoms with Crippen molar-refractivity contribution in [1.82, 2.24) is 0 Å². The first-order chi connectivity index (χ1) is 3.48. The van der Waals surface area contributed by atoms with E-state index in [4.69, 9.17) is 5.26 Å². The van der Waals surface area contributed by atoms with Crippen LogP contribution in [0.5, 0.6) is 0 Å². The molecular formula is C2F3NOS. The Morgan fingerprint density at radius 2 is 1.88 bits per heavy atom. The van der Waals surface area contributed by atoms with Gasteiger partial charge in [-0.05, 0) is 0 Å². The second-order valence-electron chi connectivity index (χ2n) is 0.806. The summed E-state index contributed by atoms with van der Waals surface area (Å²) >= 11 is 0. The molecule has 46 valence electrons. The van der Waals surface area contributed by atoms with Gasteiger partial charge in [-0.1, -0.05) is 0 Å². The predicted octanol–water partition coefficient (Wildman–Crippen LogP) is 0.736. The summed E-state index contributed by atoms with van der Waals surface area (Å²) in [6.45, 7) is 0. The van der Waals surface area contributed by atoms with Crippen molar-refractivity contribution in [2.24, 2.45) is 0 Å². The van der Waals surface area contributed by atoms with Crippen molar-refractivity contribution in [2.75, 3.05) is 0 Å². The number of thiocyanates is 1. The first-order valence-electron chi connectivity index (χ1n) is 1.37. The molecule has 6 heteroatoms. The molecule has 1 atom stereocenters. The lowest BCUT2D eigenvalue weighted by Crippen LogP contribution is -2.13. The zero-order valence-electron chi connectivity index (χ0n) is 3.40. The average Bonchev–Trinajstić information content (AvgIpc) is 1.62. The molecule has 0 saturated carbocycles. The van der Waals surface area contributed by atoms with Gasteiger partial charge in [0.15, 0.2) is 5.40 Å². The molecule has 0 radical (unpaired) electrons. The highest BCUT2D eigenvalue weighted by atomic mass is 32.2. The molecule has 0 aromatic rings. The summed E-state index contributed by atoms with van der Waals surface area (Å²) in [4.78, 5) is 0. The summed E-state index contributed by atoms with van der Waals surface area (Å²) in [5.41, 5.74) is -4.88. The fourth-order valence-electron chi connectivity index (χ4n) is 0.0518.